The van der Waals surface area contributed by atoms with E-state index < -0.39 is 0 Å². The van der Waals surface area contributed by atoms with Crippen LogP contribution < -0.4 is 38.4 Å². The predicted octanol–water partition coefficient (Wildman–Crippen LogP) is 0.745. The van der Waals surface area contributed by atoms with Crippen LogP contribution in [0.25, 0.3) is 0 Å². The Kier molecular flexibility index (Phi) is 7.83. The van der Waals surface area contributed by atoms with Gasteiger partial charge in [-0.2, -0.15) is 5.30 Å². The number of benzene rings is 2. The molecule has 0 unspecified atom stereocenters. The molecule has 2 rings (SSSR count). The summed E-state index contributed by atoms with van der Waals surface area (Å²) in [5, 5.41) is 1.01. The van der Waals surface area contributed by atoms with Crippen molar-refractivity contribution in [1.29, 1.82) is 0 Å². The Balaban J connectivity index is 0.00000288. The Morgan fingerprint density at radius 1 is 0.917 bits per heavy atom. The van der Waals surface area contributed by atoms with E-state index in [4.69, 9.17) is 14.2 Å². The first-order valence-electron chi connectivity index (χ1n) is 7.14. The van der Waals surface area contributed by atoms with Crippen LogP contribution in [0.4, 0.5) is 0 Å². The molecule has 0 saturated heterocycles. The van der Waals surface area contributed by atoms with Crippen LogP contribution in [-0.2, 0) is 0 Å². The quantitative estimate of drug-likeness (QED) is 0.576. The average Bonchev–Trinajstić information content (AvgIpc) is 2.56. The molecule has 0 aliphatic rings. The van der Waals surface area contributed by atoms with Gasteiger partial charge in [-0.05, 0) is 13.8 Å². The summed E-state index contributed by atoms with van der Waals surface area (Å²) in [4.78, 5) is 12.9. The van der Waals surface area contributed by atoms with E-state index >= 15 is 0 Å². The second-order valence-electron chi connectivity index (χ2n) is 5.06. The van der Waals surface area contributed by atoms with Crippen LogP contribution in [0, 0.1) is 13.8 Å². The molecule has 24 heavy (non-hydrogen) atoms. The minimum Gasteiger partial charge on any atom is -0.496 e. The van der Waals surface area contributed by atoms with Gasteiger partial charge in [0.25, 0.3) is 0 Å². The summed E-state index contributed by atoms with van der Waals surface area (Å²) in [6.45, 7) is 4.01. The smallest absolute Gasteiger partial charge is 0.496 e. The first kappa shape index (κ1) is 20.6. The van der Waals surface area contributed by atoms with Crippen molar-refractivity contribution < 1.29 is 37.9 Å². The number of hydrogen-bond donors (Lipinski definition) is 0. The number of ether oxygens (including phenoxy) is 3. The van der Waals surface area contributed by atoms with Gasteiger partial charge < -0.3 is 27.6 Å². The fourth-order valence-electron chi connectivity index (χ4n) is 2.36. The minimum atomic E-state index is -0.0706. The van der Waals surface area contributed by atoms with E-state index in [1.807, 2.05) is 32.0 Å². The monoisotopic (exact) mass is 338 g/mol. The zero-order chi connectivity index (χ0) is 17.0. The van der Waals surface area contributed by atoms with Crippen molar-refractivity contribution >= 4 is 19.4 Å². The van der Waals surface area contributed by atoms with Gasteiger partial charge in [-0.1, -0.05) is 29.3 Å². The first-order chi connectivity index (χ1) is 11.0. The van der Waals surface area contributed by atoms with Crippen molar-refractivity contribution in [3.8, 4) is 17.2 Å². The predicted molar refractivity (Wildman–Crippen MR) is 92.9 cm³/mol. The largest absolute Gasteiger partial charge is 1.00 e. The third-order valence-electron chi connectivity index (χ3n) is 3.58. The molecule has 0 heterocycles. The molecule has 0 atom stereocenters. The van der Waals surface area contributed by atoms with Crippen LogP contribution in [-0.4, -0.2) is 26.9 Å². The van der Waals surface area contributed by atoms with Gasteiger partial charge in [0.1, 0.15) is 17.2 Å². The molecule has 0 aliphatic carbocycles. The van der Waals surface area contributed by atoms with Crippen molar-refractivity contribution in [3.05, 3.63) is 47.0 Å². The van der Waals surface area contributed by atoms with E-state index in [1.165, 1.54) is 14.2 Å². The molecule has 0 N–H and O–H groups in total. The summed E-state index contributed by atoms with van der Waals surface area (Å²) < 4.78 is 15.9. The number of methoxy groups -OCH3 is 3. The molecule has 122 valence electrons. The van der Waals surface area contributed by atoms with Crippen LogP contribution >= 0.6 is 8.58 Å². The standard InChI is InChI=1S/C18H20O4P.Li/c1-11-7-6-8-12(2)17(11)23-18(19)16-14(21-4)9-13(20-3)10-15(16)22-5;/h6-10H,1-5H3;/q-1;+1. The minimum absolute atomic E-state index is 0. The summed E-state index contributed by atoms with van der Waals surface area (Å²) in [7, 11) is 5.21. The molecule has 0 bridgehead atoms. The van der Waals surface area contributed by atoms with E-state index in [1.54, 1.807) is 19.2 Å². The molecule has 0 fully saturated rings. The van der Waals surface area contributed by atoms with E-state index in [9.17, 15) is 4.79 Å². The van der Waals surface area contributed by atoms with Crippen LogP contribution in [0.15, 0.2) is 30.3 Å². The van der Waals surface area contributed by atoms with E-state index in [0.717, 1.165) is 16.4 Å². The topological polar surface area (TPSA) is 44.8 Å². The first-order valence-corrected chi connectivity index (χ1v) is 8.03. The molecule has 0 radical (unpaired) electrons. The van der Waals surface area contributed by atoms with Gasteiger partial charge in [0.05, 0.1) is 26.9 Å². The number of carbonyl (C=O) groups is 1. The average molecular weight is 338 g/mol. The SMILES string of the molecule is COc1cc(OC)c(C(=O)[P-]c2c(C)cccc2C)c(OC)c1.[Li+]. The second-order valence-corrected chi connectivity index (χ2v) is 6.14. The van der Waals surface area contributed by atoms with Crippen molar-refractivity contribution in [2.24, 2.45) is 0 Å². The summed E-state index contributed by atoms with van der Waals surface area (Å²) in [6, 6.07) is 9.38. The zero-order valence-corrected chi connectivity index (χ0v) is 15.9. The van der Waals surface area contributed by atoms with Crippen LogP contribution in [0.1, 0.15) is 21.5 Å². The Morgan fingerprint density at radius 2 is 1.42 bits per heavy atom. The third kappa shape index (κ3) is 4.33. The third-order valence-corrected chi connectivity index (χ3v) is 4.94. The molecule has 0 aliphatic heterocycles. The molecule has 2 aromatic carbocycles. The van der Waals surface area contributed by atoms with Gasteiger partial charge in [-0.25, -0.2) is 0 Å². The number of aryl methyl sites for hydroxylation is 2. The molecular weight excluding hydrogens is 318 g/mol. The molecule has 0 amide bonds. The van der Waals surface area contributed by atoms with Crippen LogP contribution in [0.5, 0.6) is 17.2 Å². The van der Waals surface area contributed by atoms with Gasteiger partial charge in [-0.3, -0.25) is 0 Å². The Bertz CT molecular complexity index is 686. The maximum atomic E-state index is 12.9. The molecule has 2 aromatic rings. The number of carbonyl (C=O) groups excluding carboxylic acids is 1. The fourth-order valence-corrected chi connectivity index (χ4v) is 3.39. The summed E-state index contributed by atoms with van der Waals surface area (Å²) in [5.74, 6) is 1.48. The Morgan fingerprint density at radius 3 is 1.83 bits per heavy atom. The zero-order valence-electron chi connectivity index (χ0n) is 15.0. The van der Waals surface area contributed by atoms with Gasteiger partial charge in [0.15, 0.2) is 0 Å². The molecule has 0 spiro atoms. The van der Waals surface area contributed by atoms with Crippen molar-refractivity contribution in [3.63, 3.8) is 0 Å². The van der Waals surface area contributed by atoms with Gasteiger partial charge in [0, 0.05) is 17.7 Å². The van der Waals surface area contributed by atoms with Crippen molar-refractivity contribution in [1.82, 2.24) is 0 Å². The van der Waals surface area contributed by atoms with E-state index in [2.05, 4.69) is 0 Å². The van der Waals surface area contributed by atoms with E-state index in [-0.39, 0.29) is 24.4 Å². The van der Waals surface area contributed by atoms with Crippen LogP contribution in [0.3, 0.4) is 0 Å². The molecule has 4 nitrogen and oxygen atoms in total. The van der Waals surface area contributed by atoms with Gasteiger partial charge in [-0.15, -0.1) is 0 Å². The summed E-state index contributed by atoms with van der Waals surface area (Å²) in [6.07, 6.45) is 0. The maximum Gasteiger partial charge on any atom is 1.00 e. The van der Waals surface area contributed by atoms with Gasteiger partial charge in [0.2, 0.25) is 0 Å². The molecule has 0 aromatic heterocycles. The number of hydrogen-bond acceptors (Lipinski definition) is 4. The molecular formula is C18H20LiO4P. The fraction of sp³-hybridized carbons (Fsp3) is 0.278. The Hall–Kier alpha value is -1.46. The Labute approximate surface area is 156 Å². The van der Waals surface area contributed by atoms with Crippen molar-refractivity contribution in [2.45, 2.75) is 13.8 Å². The second kappa shape index (κ2) is 9.13. The molecule has 6 heteroatoms. The maximum absolute atomic E-state index is 12.9. The van der Waals surface area contributed by atoms with E-state index in [0.29, 0.717) is 31.4 Å². The van der Waals surface area contributed by atoms with Gasteiger partial charge >= 0.3 is 18.9 Å². The van der Waals surface area contributed by atoms with Crippen LogP contribution in [0.2, 0.25) is 0 Å². The summed E-state index contributed by atoms with van der Waals surface area (Å²) in [5.41, 5.74) is 2.54. The van der Waals surface area contributed by atoms with Crippen molar-refractivity contribution in [2.75, 3.05) is 21.3 Å². The summed E-state index contributed by atoms with van der Waals surface area (Å²) >= 11 is 0. The number of rotatable bonds is 6. The molecule has 0 saturated carbocycles. The normalized spacial score (nSPS) is 10.4.